The molecule has 0 amide bonds. The number of hydrogen-bond acceptors (Lipinski definition) is 7. The van der Waals surface area contributed by atoms with Crippen molar-refractivity contribution in [3.63, 3.8) is 0 Å². The monoisotopic (exact) mass is 367 g/mol. The Labute approximate surface area is 146 Å². The predicted octanol–water partition coefficient (Wildman–Crippen LogP) is 0.887. The van der Waals surface area contributed by atoms with E-state index in [1.54, 1.807) is 17.8 Å². The average Bonchev–Trinajstić information content (AvgIpc) is 3.04. The molecule has 2 aromatic rings. The van der Waals surface area contributed by atoms with E-state index < -0.39 is 10.0 Å². The number of nitrogens with zero attached hydrogens (tertiary/aromatic N) is 4. The van der Waals surface area contributed by atoms with Crippen molar-refractivity contribution < 1.29 is 17.9 Å². The van der Waals surface area contributed by atoms with Crippen LogP contribution in [-0.2, 0) is 17.1 Å². The zero-order valence-corrected chi connectivity index (χ0v) is 14.9. The van der Waals surface area contributed by atoms with Crippen LogP contribution < -0.4 is 14.2 Å². The van der Waals surface area contributed by atoms with E-state index in [0.717, 1.165) is 12.8 Å². The lowest BCUT2D eigenvalue weighted by Gasteiger charge is -2.28. The fraction of sp³-hybridized carbons (Fsp3) is 0.533. The van der Waals surface area contributed by atoms with Gasteiger partial charge in [-0.05, 0) is 25.7 Å². The summed E-state index contributed by atoms with van der Waals surface area (Å²) in [7, 11) is -0.333. The van der Waals surface area contributed by atoms with E-state index in [9.17, 15) is 8.42 Å². The Morgan fingerprint density at radius 2 is 1.92 bits per heavy atom. The van der Waals surface area contributed by atoms with Crippen LogP contribution in [0.3, 0.4) is 0 Å². The molecule has 0 unspecified atom stereocenters. The van der Waals surface area contributed by atoms with Crippen LogP contribution in [0.2, 0.25) is 0 Å². The number of aryl methyl sites for hydroxylation is 1. The second kappa shape index (κ2) is 7.36. The Morgan fingerprint density at radius 3 is 2.56 bits per heavy atom. The SMILES string of the molecule is COc1cncc(OC2CCC(NS(=O)(=O)c3cn(C)cn3)CC2)n1. The standard InChI is InChI=1S/C15H21N5O4S/c1-20-9-15(17-10-20)25(21,22)19-11-3-5-12(6-4-11)24-14-8-16-7-13(18-14)23-2/h7-12,19H,3-6H2,1-2H3. The maximum Gasteiger partial charge on any atom is 0.259 e. The Kier molecular flexibility index (Phi) is 5.19. The van der Waals surface area contributed by atoms with Gasteiger partial charge in [0.1, 0.15) is 6.10 Å². The smallest absolute Gasteiger partial charge is 0.259 e. The second-order valence-electron chi connectivity index (χ2n) is 5.99. The van der Waals surface area contributed by atoms with Crippen molar-refractivity contribution in [2.45, 2.75) is 42.9 Å². The largest absolute Gasteiger partial charge is 0.480 e. The molecule has 1 N–H and O–H groups in total. The molecule has 1 aliphatic rings. The Bertz CT molecular complexity index is 815. The minimum Gasteiger partial charge on any atom is -0.480 e. The molecule has 1 saturated carbocycles. The zero-order valence-electron chi connectivity index (χ0n) is 14.1. The number of hydrogen-bond donors (Lipinski definition) is 1. The Morgan fingerprint density at radius 1 is 1.20 bits per heavy atom. The van der Waals surface area contributed by atoms with Crippen LogP contribution in [0, 0.1) is 0 Å². The van der Waals surface area contributed by atoms with Gasteiger partial charge in [-0.15, -0.1) is 0 Å². The molecule has 0 spiro atoms. The van der Waals surface area contributed by atoms with E-state index in [0.29, 0.717) is 24.6 Å². The van der Waals surface area contributed by atoms with E-state index in [4.69, 9.17) is 9.47 Å². The van der Waals surface area contributed by atoms with Gasteiger partial charge in [0.2, 0.25) is 11.8 Å². The highest BCUT2D eigenvalue weighted by Gasteiger charge is 2.27. The van der Waals surface area contributed by atoms with Gasteiger partial charge < -0.3 is 14.0 Å². The summed E-state index contributed by atoms with van der Waals surface area (Å²) in [6.07, 6.45) is 8.82. The maximum atomic E-state index is 12.3. The molecule has 0 bridgehead atoms. The number of rotatable bonds is 6. The summed E-state index contributed by atoms with van der Waals surface area (Å²) in [5, 5.41) is 0.0417. The normalized spacial score (nSPS) is 21.0. The Hall–Kier alpha value is -2.20. The van der Waals surface area contributed by atoms with Crippen LogP contribution in [0.5, 0.6) is 11.8 Å². The van der Waals surface area contributed by atoms with Crippen LogP contribution >= 0.6 is 0 Å². The molecule has 2 aromatic heterocycles. The van der Waals surface area contributed by atoms with E-state index in [-0.39, 0.29) is 17.2 Å². The molecule has 0 atom stereocenters. The molecule has 136 valence electrons. The molecule has 0 saturated heterocycles. The van der Waals surface area contributed by atoms with Gasteiger partial charge in [-0.3, -0.25) is 4.98 Å². The van der Waals surface area contributed by atoms with E-state index in [1.165, 1.54) is 25.8 Å². The van der Waals surface area contributed by atoms with Crippen LogP contribution in [0.15, 0.2) is 29.9 Å². The third kappa shape index (κ3) is 4.45. The fourth-order valence-electron chi connectivity index (χ4n) is 2.76. The summed E-state index contributed by atoms with van der Waals surface area (Å²) in [4.78, 5) is 12.1. The molecule has 1 fully saturated rings. The molecule has 9 nitrogen and oxygen atoms in total. The Balaban J connectivity index is 1.53. The van der Waals surface area contributed by atoms with Crippen molar-refractivity contribution in [1.82, 2.24) is 24.2 Å². The van der Waals surface area contributed by atoms with E-state index >= 15 is 0 Å². The summed E-state index contributed by atoms with van der Waals surface area (Å²) in [6.45, 7) is 0. The van der Waals surface area contributed by atoms with Gasteiger partial charge in [-0.1, -0.05) is 0 Å². The lowest BCUT2D eigenvalue weighted by molar-refractivity contribution is 0.136. The van der Waals surface area contributed by atoms with Gasteiger partial charge in [0, 0.05) is 19.3 Å². The van der Waals surface area contributed by atoms with Gasteiger partial charge >= 0.3 is 0 Å². The molecular formula is C15H21N5O4S. The third-order valence-electron chi connectivity index (χ3n) is 4.04. The van der Waals surface area contributed by atoms with Gasteiger partial charge in [0.05, 0.1) is 25.8 Å². The molecule has 1 aliphatic carbocycles. The number of sulfonamides is 1. The van der Waals surface area contributed by atoms with Crippen LogP contribution in [-0.4, -0.2) is 47.2 Å². The van der Waals surface area contributed by atoms with E-state index in [2.05, 4.69) is 19.7 Å². The number of ether oxygens (including phenoxy) is 2. The number of methoxy groups -OCH3 is 1. The first-order chi connectivity index (χ1) is 12.0. The van der Waals surface area contributed by atoms with Crippen LogP contribution in [0.4, 0.5) is 0 Å². The van der Waals surface area contributed by atoms with Crippen molar-refractivity contribution in [1.29, 1.82) is 0 Å². The highest BCUT2D eigenvalue weighted by Crippen LogP contribution is 2.24. The van der Waals surface area contributed by atoms with Crippen molar-refractivity contribution in [2.75, 3.05) is 7.11 Å². The third-order valence-corrected chi connectivity index (χ3v) is 5.44. The fourth-order valence-corrected chi connectivity index (χ4v) is 4.05. The minimum atomic E-state index is -3.59. The maximum absolute atomic E-state index is 12.3. The lowest BCUT2D eigenvalue weighted by Crippen LogP contribution is -2.39. The zero-order chi connectivity index (χ0) is 17.9. The van der Waals surface area contributed by atoms with Crippen molar-refractivity contribution in [3.05, 3.63) is 24.9 Å². The summed E-state index contributed by atoms with van der Waals surface area (Å²) >= 11 is 0. The molecule has 10 heteroatoms. The van der Waals surface area contributed by atoms with Gasteiger partial charge in [-0.2, -0.15) is 4.98 Å². The highest BCUT2D eigenvalue weighted by molar-refractivity contribution is 7.89. The highest BCUT2D eigenvalue weighted by atomic mass is 32.2. The number of imidazole rings is 1. The molecule has 0 radical (unpaired) electrons. The van der Waals surface area contributed by atoms with Crippen LogP contribution in [0.25, 0.3) is 0 Å². The summed E-state index contributed by atoms with van der Waals surface area (Å²) in [6, 6.07) is -0.122. The average molecular weight is 367 g/mol. The molecular weight excluding hydrogens is 346 g/mol. The molecule has 0 aromatic carbocycles. The van der Waals surface area contributed by atoms with Crippen molar-refractivity contribution in [2.24, 2.45) is 7.05 Å². The van der Waals surface area contributed by atoms with Gasteiger partial charge in [-0.25, -0.2) is 18.1 Å². The predicted molar refractivity (Wildman–Crippen MR) is 88.8 cm³/mol. The number of nitrogens with one attached hydrogen (secondary N) is 1. The van der Waals surface area contributed by atoms with Crippen LogP contribution in [0.1, 0.15) is 25.7 Å². The first-order valence-corrected chi connectivity index (χ1v) is 9.47. The molecule has 3 rings (SSSR count). The second-order valence-corrected chi connectivity index (χ2v) is 7.65. The van der Waals surface area contributed by atoms with Crippen molar-refractivity contribution >= 4 is 10.0 Å². The van der Waals surface area contributed by atoms with E-state index in [1.807, 2.05) is 0 Å². The van der Waals surface area contributed by atoms with Gasteiger partial charge in [0.25, 0.3) is 10.0 Å². The quantitative estimate of drug-likeness (QED) is 0.807. The topological polar surface area (TPSA) is 108 Å². The summed E-state index contributed by atoms with van der Waals surface area (Å²) in [5.41, 5.74) is 0. The number of aromatic nitrogens is 4. The minimum absolute atomic E-state index is 0.0167. The first-order valence-electron chi connectivity index (χ1n) is 7.99. The lowest BCUT2D eigenvalue weighted by atomic mass is 9.94. The van der Waals surface area contributed by atoms with Gasteiger partial charge in [0.15, 0.2) is 5.03 Å². The molecule has 0 aliphatic heterocycles. The summed E-state index contributed by atoms with van der Waals surface area (Å²) in [5.74, 6) is 0.811. The molecule has 25 heavy (non-hydrogen) atoms. The first kappa shape index (κ1) is 17.6. The summed E-state index contributed by atoms with van der Waals surface area (Å²) < 4.78 is 39.8. The molecule has 2 heterocycles. The van der Waals surface area contributed by atoms with Crippen molar-refractivity contribution in [3.8, 4) is 11.8 Å².